The van der Waals surface area contributed by atoms with Crippen LogP contribution in [0.1, 0.15) is 37.3 Å². The van der Waals surface area contributed by atoms with E-state index < -0.39 is 0 Å². The highest BCUT2D eigenvalue weighted by Gasteiger charge is 2.19. The zero-order chi connectivity index (χ0) is 21.5. The lowest BCUT2D eigenvalue weighted by Crippen LogP contribution is -2.09. The lowest BCUT2D eigenvalue weighted by molar-refractivity contribution is -0.113. The minimum atomic E-state index is -0.328. The zero-order valence-corrected chi connectivity index (χ0v) is 18.2. The van der Waals surface area contributed by atoms with Crippen LogP contribution in [0.25, 0.3) is 6.08 Å². The molecule has 2 aromatic carbocycles. The summed E-state index contributed by atoms with van der Waals surface area (Å²) in [7, 11) is 1.57. The average molecular weight is 427 g/mol. The highest BCUT2D eigenvalue weighted by atomic mass is 32.2. The molecule has 3 rings (SSSR count). The molecule has 2 aromatic rings. The first-order valence-corrected chi connectivity index (χ1v) is 10.6. The van der Waals surface area contributed by atoms with Gasteiger partial charge in [0.05, 0.1) is 12.0 Å². The quantitative estimate of drug-likeness (QED) is 0.466. The number of thioether (sulfide) groups is 1. The van der Waals surface area contributed by atoms with Gasteiger partial charge in [-0.05, 0) is 65.6 Å². The van der Waals surface area contributed by atoms with Gasteiger partial charge in [-0.1, -0.05) is 32.0 Å². The highest BCUT2D eigenvalue weighted by molar-refractivity contribution is 8.18. The van der Waals surface area contributed by atoms with Crippen molar-refractivity contribution in [1.82, 2.24) is 0 Å². The maximum absolute atomic E-state index is 11.7. The van der Waals surface area contributed by atoms with Crippen molar-refractivity contribution < 1.29 is 19.0 Å². The fourth-order valence-corrected chi connectivity index (χ4v) is 3.59. The number of rotatable bonds is 9. The molecule has 0 radical (unpaired) electrons. The number of carbonyl (C=O) groups is 1. The number of methoxy groups -OCH3 is 1. The largest absolute Gasteiger partial charge is 0.493 e. The van der Waals surface area contributed by atoms with E-state index in [1.54, 1.807) is 25.3 Å². The van der Waals surface area contributed by atoms with Gasteiger partial charge in [-0.15, -0.1) is 0 Å². The van der Waals surface area contributed by atoms with E-state index >= 15 is 0 Å². The van der Waals surface area contributed by atoms with E-state index in [0.29, 0.717) is 35.5 Å². The average Bonchev–Trinajstić information content (AvgIpc) is 3.08. The molecule has 30 heavy (non-hydrogen) atoms. The Morgan fingerprint density at radius 3 is 2.47 bits per heavy atom. The van der Waals surface area contributed by atoms with Crippen LogP contribution in [0.15, 0.2) is 52.4 Å². The second kappa shape index (κ2) is 10.2. The van der Waals surface area contributed by atoms with Crippen molar-refractivity contribution >= 4 is 28.9 Å². The molecule has 7 heteroatoms. The van der Waals surface area contributed by atoms with Gasteiger partial charge in [-0.2, -0.15) is 4.99 Å². The monoisotopic (exact) mass is 426 g/mol. The first-order chi connectivity index (χ1) is 14.5. The number of amidine groups is 1. The molecular formula is C23H26N2O4S. The molecule has 1 heterocycles. The van der Waals surface area contributed by atoms with Gasteiger partial charge in [0.1, 0.15) is 19.0 Å². The minimum Gasteiger partial charge on any atom is -0.493 e. The summed E-state index contributed by atoms with van der Waals surface area (Å²) < 4.78 is 17.0. The third-order valence-electron chi connectivity index (χ3n) is 4.79. The van der Waals surface area contributed by atoms with E-state index in [1.807, 2.05) is 18.2 Å². The van der Waals surface area contributed by atoms with Crippen molar-refractivity contribution in [3.05, 3.63) is 58.5 Å². The molecule has 1 unspecified atom stereocenters. The summed E-state index contributed by atoms with van der Waals surface area (Å²) in [6, 6.07) is 13.6. The lowest BCUT2D eigenvalue weighted by atomic mass is 9.99. The fourth-order valence-electron chi connectivity index (χ4n) is 2.91. The molecular weight excluding hydrogens is 400 g/mol. The molecule has 1 atom stereocenters. The number of ether oxygens (including phenoxy) is 3. The summed E-state index contributed by atoms with van der Waals surface area (Å²) in [6.45, 7) is 5.19. The molecule has 1 aliphatic rings. The standard InChI is InChI=1S/C23H26N2O4S/c1-4-15(2)17-6-8-18(9-7-17)28-11-12-29-19-10-5-16(13-20(19)27-3)14-21-22(26)25-23(24)30-21/h5-10,13-15H,4,11-12H2,1-3H3,(H2,24,25,26)/b21-14-. The van der Waals surface area contributed by atoms with Crippen molar-refractivity contribution in [3.63, 3.8) is 0 Å². The van der Waals surface area contributed by atoms with Gasteiger partial charge in [0.15, 0.2) is 16.7 Å². The fraction of sp³-hybridized carbons (Fsp3) is 0.304. The van der Waals surface area contributed by atoms with E-state index in [4.69, 9.17) is 19.9 Å². The Morgan fingerprint density at radius 1 is 1.10 bits per heavy atom. The van der Waals surface area contributed by atoms with Crippen LogP contribution < -0.4 is 19.9 Å². The number of hydrogen-bond acceptors (Lipinski definition) is 6. The molecule has 0 spiro atoms. The first kappa shape index (κ1) is 21.8. The molecule has 0 bridgehead atoms. The Morgan fingerprint density at radius 2 is 1.83 bits per heavy atom. The van der Waals surface area contributed by atoms with Crippen LogP contribution in [0.3, 0.4) is 0 Å². The van der Waals surface area contributed by atoms with Crippen LogP contribution in [0.5, 0.6) is 17.2 Å². The summed E-state index contributed by atoms with van der Waals surface area (Å²) in [6.07, 6.45) is 2.84. The number of nitrogens with zero attached hydrogens (tertiary/aromatic N) is 1. The predicted octanol–water partition coefficient (Wildman–Crippen LogP) is 4.60. The van der Waals surface area contributed by atoms with E-state index in [2.05, 4.69) is 31.0 Å². The summed E-state index contributed by atoms with van der Waals surface area (Å²) >= 11 is 1.16. The molecule has 0 saturated carbocycles. The Bertz CT molecular complexity index is 954. The van der Waals surface area contributed by atoms with Gasteiger partial charge >= 0.3 is 0 Å². The molecule has 0 fully saturated rings. The maximum atomic E-state index is 11.7. The van der Waals surface area contributed by atoms with Crippen molar-refractivity contribution in [3.8, 4) is 17.2 Å². The van der Waals surface area contributed by atoms with Crippen molar-refractivity contribution in [2.75, 3.05) is 20.3 Å². The topological polar surface area (TPSA) is 83.1 Å². The van der Waals surface area contributed by atoms with Crippen LogP contribution in [0.2, 0.25) is 0 Å². The molecule has 1 amide bonds. The lowest BCUT2D eigenvalue weighted by Gasteiger charge is -2.13. The number of amides is 1. The molecule has 0 saturated heterocycles. The normalized spacial score (nSPS) is 15.8. The molecule has 1 aliphatic heterocycles. The van der Waals surface area contributed by atoms with Crippen LogP contribution in [-0.4, -0.2) is 31.4 Å². The number of hydrogen-bond donors (Lipinski definition) is 1. The maximum Gasteiger partial charge on any atom is 0.286 e. The Labute approximate surface area is 181 Å². The van der Waals surface area contributed by atoms with Crippen LogP contribution in [0.4, 0.5) is 0 Å². The third-order valence-corrected chi connectivity index (χ3v) is 5.61. The van der Waals surface area contributed by atoms with E-state index in [-0.39, 0.29) is 11.1 Å². The molecule has 0 aliphatic carbocycles. The van der Waals surface area contributed by atoms with Crippen molar-refractivity contribution in [2.45, 2.75) is 26.2 Å². The van der Waals surface area contributed by atoms with Gasteiger partial charge in [-0.3, -0.25) is 4.79 Å². The number of nitrogens with two attached hydrogens (primary N) is 1. The minimum absolute atomic E-state index is 0.257. The Hall–Kier alpha value is -2.93. The molecule has 0 aromatic heterocycles. The smallest absolute Gasteiger partial charge is 0.286 e. The summed E-state index contributed by atoms with van der Waals surface area (Å²) in [5.41, 5.74) is 7.70. The molecule has 158 valence electrons. The van der Waals surface area contributed by atoms with Crippen molar-refractivity contribution in [2.24, 2.45) is 10.7 Å². The van der Waals surface area contributed by atoms with Crippen LogP contribution in [-0.2, 0) is 4.79 Å². The summed E-state index contributed by atoms with van der Waals surface area (Å²) in [4.78, 5) is 15.9. The van der Waals surface area contributed by atoms with Crippen LogP contribution >= 0.6 is 11.8 Å². The SMILES string of the molecule is CCC(C)c1ccc(OCCOc2ccc(/C=C3\SC(N)=NC3=O)cc2OC)cc1. The Kier molecular flexibility index (Phi) is 7.41. The number of carbonyl (C=O) groups excluding carboxylic acids is 1. The number of aliphatic imine (C=N–C) groups is 1. The van der Waals surface area contributed by atoms with Gasteiger partial charge in [0.25, 0.3) is 5.91 Å². The second-order valence-electron chi connectivity index (χ2n) is 6.85. The van der Waals surface area contributed by atoms with E-state index in [9.17, 15) is 4.79 Å². The predicted molar refractivity (Wildman–Crippen MR) is 121 cm³/mol. The second-order valence-corrected chi connectivity index (χ2v) is 7.91. The van der Waals surface area contributed by atoms with Crippen LogP contribution in [0, 0.1) is 0 Å². The van der Waals surface area contributed by atoms with E-state index in [1.165, 1.54) is 5.56 Å². The summed E-state index contributed by atoms with van der Waals surface area (Å²) in [5.74, 6) is 2.22. The third kappa shape index (κ3) is 5.57. The highest BCUT2D eigenvalue weighted by Crippen LogP contribution is 2.31. The summed E-state index contributed by atoms with van der Waals surface area (Å²) in [5, 5.41) is 0.257. The first-order valence-electron chi connectivity index (χ1n) is 9.81. The molecule has 2 N–H and O–H groups in total. The number of benzene rings is 2. The molecule has 6 nitrogen and oxygen atoms in total. The van der Waals surface area contributed by atoms with Gasteiger partial charge < -0.3 is 19.9 Å². The van der Waals surface area contributed by atoms with E-state index in [0.717, 1.165) is 29.5 Å². The van der Waals surface area contributed by atoms with Gasteiger partial charge in [0.2, 0.25) is 0 Å². The van der Waals surface area contributed by atoms with Gasteiger partial charge in [0, 0.05) is 0 Å². The van der Waals surface area contributed by atoms with Crippen molar-refractivity contribution in [1.29, 1.82) is 0 Å². The zero-order valence-electron chi connectivity index (χ0n) is 17.4. The Balaban J connectivity index is 1.54. The van der Waals surface area contributed by atoms with Gasteiger partial charge in [-0.25, -0.2) is 0 Å².